The van der Waals surface area contributed by atoms with Crippen molar-refractivity contribution < 1.29 is 24.1 Å². The molecule has 5 nitrogen and oxygen atoms in total. The van der Waals surface area contributed by atoms with Crippen LogP contribution < -0.4 is 9.47 Å². The average molecular weight is 519 g/mol. The van der Waals surface area contributed by atoms with Gasteiger partial charge in [0.05, 0.1) is 13.0 Å². The molecule has 0 bridgehead atoms. The molecule has 1 heterocycles. The highest BCUT2D eigenvalue weighted by atomic mass is 32.2. The Balaban J connectivity index is 1.35. The van der Waals surface area contributed by atoms with E-state index in [1.807, 2.05) is 6.07 Å². The van der Waals surface area contributed by atoms with Crippen LogP contribution in [0.25, 0.3) is 11.1 Å². The van der Waals surface area contributed by atoms with Gasteiger partial charge in [-0.25, -0.2) is 0 Å². The number of carboxylic acids is 1. The zero-order valence-corrected chi connectivity index (χ0v) is 22.5. The van der Waals surface area contributed by atoms with Crippen LogP contribution in [0.1, 0.15) is 59.1 Å². The monoisotopic (exact) mass is 518 g/mol. The molecule has 194 valence electrons. The minimum atomic E-state index is -0.744. The Bertz CT molecular complexity index is 1280. The first-order chi connectivity index (χ1) is 17.9. The number of fused-ring (bicyclic) bond motifs is 2. The van der Waals surface area contributed by atoms with Gasteiger partial charge in [0.1, 0.15) is 17.6 Å². The molecule has 0 amide bonds. The number of ether oxygens (including phenoxy) is 3. The topological polar surface area (TPSA) is 65.0 Å². The number of carbonyl (C=O) groups is 1. The number of aryl methyl sites for hydroxylation is 2. The van der Waals surface area contributed by atoms with Crippen LogP contribution in [0.4, 0.5) is 0 Å². The fraction of sp³-hybridized carbons (Fsp3) is 0.387. The summed E-state index contributed by atoms with van der Waals surface area (Å²) < 4.78 is 17.6. The van der Waals surface area contributed by atoms with E-state index in [1.54, 1.807) is 18.9 Å². The highest BCUT2D eigenvalue weighted by molar-refractivity contribution is 7.99. The smallest absolute Gasteiger partial charge is 0.303 e. The summed E-state index contributed by atoms with van der Waals surface area (Å²) in [5.41, 5.74) is 8.74. The van der Waals surface area contributed by atoms with Crippen molar-refractivity contribution in [1.29, 1.82) is 0 Å². The molecule has 3 aromatic carbocycles. The largest absolute Gasteiger partial charge is 0.493 e. The average Bonchev–Trinajstić information content (AvgIpc) is 3.45. The van der Waals surface area contributed by atoms with Gasteiger partial charge in [0.15, 0.2) is 0 Å². The van der Waals surface area contributed by atoms with Crippen LogP contribution in [0.15, 0.2) is 53.4 Å². The molecule has 6 heteroatoms. The van der Waals surface area contributed by atoms with Gasteiger partial charge in [0, 0.05) is 36.7 Å². The van der Waals surface area contributed by atoms with Gasteiger partial charge in [-0.3, -0.25) is 4.79 Å². The Kier molecular flexibility index (Phi) is 7.77. The third kappa shape index (κ3) is 5.51. The Morgan fingerprint density at radius 3 is 2.59 bits per heavy atom. The van der Waals surface area contributed by atoms with Gasteiger partial charge in [-0.1, -0.05) is 24.3 Å². The van der Waals surface area contributed by atoms with Gasteiger partial charge in [0.25, 0.3) is 0 Å². The van der Waals surface area contributed by atoms with E-state index < -0.39 is 5.97 Å². The van der Waals surface area contributed by atoms with Crippen LogP contribution in [-0.4, -0.2) is 37.2 Å². The summed E-state index contributed by atoms with van der Waals surface area (Å²) in [5, 5.41) is 9.20. The van der Waals surface area contributed by atoms with Crippen LogP contribution in [0.2, 0.25) is 0 Å². The Morgan fingerprint density at radius 2 is 1.84 bits per heavy atom. The second kappa shape index (κ2) is 11.2. The first-order valence-electron chi connectivity index (χ1n) is 12.9. The SMILES string of the molecule is COCCCOc1cc(C)c(-c2cccc3c2CC[C@H]3Oc2ccc3c(c2)SCC3CC(=O)O)c(C)c1. The standard InChI is InChI=1S/C31H34O5S/c1-19-14-23(35-13-5-12-34-3)15-20(2)31(19)27-7-4-6-26-25(27)10-11-28(26)36-22-8-9-24-21(16-30(32)33)18-37-29(24)17-22/h4,6-9,14-15,17,21,28H,5,10-13,16,18H2,1-3H3,(H,32,33)/t21?,28-/m1/s1. The lowest BCUT2D eigenvalue weighted by Crippen LogP contribution is -2.06. The molecule has 0 aromatic heterocycles. The summed E-state index contributed by atoms with van der Waals surface area (Å²) in [6, 6.07) is 17.0. The molecule has 0 spiro atoms. The first-order valence-corrected chi connectivity index (χ1v) is 13.9. The van der Waals surface area contributed by atoms with Gasteiger partial charge in [-0.05, 0) is 89.9 Å². The second-order valence-corrected chi connectivity index (χ2v) is 11.0. The maximum Gasteiger partial charge on any atom is 0.303 e. The molecule has 0 saturated carbocycles. The van der Waals surface area contributed by atoms with Crippen molar-refractivity contribution in [2.75, 3.05) is 26.1 Å². The predicted octanol–water partition coefficient (Wildman–Crippen LogP) is 7.12. The summed E-state index contributed by atoms with van der Waals surface area (Å²) in [6.07, 6.45) is 2.98. The molecule has 0 radical (unpaired) electrons. The maximum atomic E-state index is 11.2. The van der Waals surface area contributed by atoms with E-state index in [0.717, 1.165) is 47.0 Å². The van der Waals surface area contributed by atoms with Gasteiger partial charge in [-0.15, -0.1) is 11.8 Å². The molecule has 3 aromatic rings. The van der Waals surface area contributed by atoms with Crippen LogP contribution in [-0.2, 0) is 16.0 Å². The molecule has 0 fully saturated rings. The maximum absolute atomic E-state index is 11.2. The summed E-state index contributed by atoms with van der Waals surface area (Å²) in [6.45, 7) is 5.66. The van der Waals surface area contributed by atoms with Crippen molar-refractivity contribution >= 4 is 17.7 Å². The highest BCUT2D eigenvalue weighted by Gasteiger charge is 2.29. The van der Waals surface area contributed by atoms with Crippen molar-refractivity contribution in [3.63, 3.8) is 0 Å². The zero-order valence-electron chi connectivity index (χ0n) is 21.7. The number of benzene rings is 3. The fourth-order valence-corrected chi connectivity index (χ4v) is 6.95. The minimum absolute atomic E-state index is 0.0122. The third-order valence-corrected chi connectivity index (χ3v) is 8.55. The Morgan fingerprint density at radius 1 is 1.03 bits per heavy atom. The van der Waals surface area contributed by atoms with Crippen molar-refractivity contribution in [1.82, 2.24) is 0 Å². The highest BCUT2D eigenvalue weighted by Crippen LogP contribution is 2.45. The summed E-state index contributed by atoms with van der Waals surface area (Å²) in [7, 11) is 1.71. The van der Waals surface area contributed by atoms with E-state index in [0.29, 0.717) is 13.2 Å². The second-order valence-electron chi connectivity index (χ2n) is 9.95. The van der Waals surface area contributed by atoms with Gasteiger partial charge in [-0.2, -0.15) is 0 Å². The number of carboxylic acid groups (broad SMARTS) is 1. The third-order valence-electron chi connectivity index (χ3n) is 7.32. The van der Waals surface area contributed by atoms with Gasteiger partial charge >= 0.3 is 5.97 Å². The molecule has 1 aliphatic carbocycles. The van der Waals surface area contributed by atoms with Crippen LogP contribution >= 0.6 is 11.8 Å². The minimum Gasteiger partial charge on any atom is -0.493 e. The van der Waals surface area contributed by atoms with E-state index in [1.165, 1.54) is 33.4 Å². The predicted molar refractivity (Wildman–Crippen MR) is 147 cm³/mol. The molecule has 1 aliphatic heterocycles. The quantitative estimate of drug-likeness (QED) is 0.288. The van der Waals surface area contributed by atoms with Gasteiger partial charge < -0.3 is 19.3 Å². The number of hydrogen-bond acceptors (Lipinski definition) is 5. The lowest BCUT2D eigenvalue weighted by molar-refractivity contribution is -0.137. The molecule has 1 N–H and O–H groups in total. The van der Waals surface area contributed by atoms with Crippen molar-refractivity contribution in [2.24, 2.45) is 0 Å². The number of thioether (sulfide) groups is 1. The van der Waals surface area contributed by atoms with E-state index in [4.69, 9.17) is 14.2 Å². The van der Waals surface area contributed by atoms with Crippen LogP contribution in [0.5, 0.6) is 11.5 Å². The summed E-state index contributed by atoms with van der Waals surface area (Å²) >= 11 is 1.73. The Hall–Kier alpha value is -2.96. The molecule has 0 saturated heterocycles. The van der Waals surface area contributed by atoms with Crippen molar-refractivity contribution in [3.8, 4) is 22.6 Å². The number of hydrogen-bond donors (Lipinski definition) is 1. The van der Waals surface area contributed by atoms with E-state index in [2.05, 4.69) is 56.3 Å². The van der Waals surface area contributed by atoms with E-state index in [9.17, 15) is 9.90 Å². The zero-order chi connectivity index (χ0) is 25.9. The summed E-state index contributed by atoms with van der Waals surface area (Å²) in [5.74, 6) is 1.91. The number of methoxy groups -OCH3 is 1. The number of rotatable bonds is 10. The van der Waals surface area contributed by atoms with Crippen molar-refractivity contribution in [2.45, 2.75) is 56.4 Å². The Labute approximate surface area is 223 Å². The molecule has 1 unspecified atom stereocenters. The van der Waals surface area contributed by atoms with E-state index in [-0.39, 0.29) is 18.4 Å². The molecular weight excluding hydrogens is 484 g/mol. The lowest BCUT2D eigenvalue weighted by atomic mass is 9.90. The first kappa shape index (κ1) is 25.7. The van der Waals surface area contributed by atoms with E-state index >= 15 is 0 Å². The summed E-state index contributed by atoms with van der Waals surface area (Å²) in [4.78, 5) is 12.3. The van der Waals surface area contributed by atoms with Crippen LogP contribution in [0, 0.1) is 13.8 Å². The van der Waals surface area contributed by atoms with Crippen LogP contribution in [0.3, 0.4) is 0 Å². The molecule has 5 rings (SSSR count). The molecule has 2 aliphatic rings. The molecule has 2 atom stereocenters. The van der Waals surface area contributed by atoms with Crippen molar-refractivity contribution in [3.05, 3.63) is 76.3 Å². The lowest BCUT2D eigenvalue weighted by Gasteiger charge is -2.19. The fourth-order valence-electron chi connectivity index (χ4n) is 5.67. The number of aliphatic carboxylic acids is 1. The normalized spacial score (nSPS) is 17.9. The molecule has 37 heavy (non-hydrogen) atoms. The molecular formula is C31H34O5S. The van der Waals surface area contributed by atoms with Gasteiger partial charge in [0.2, 0.25) is 0 Å².